The second kappa shape index (κ2) is 6.49. The normalized spacial score (nSPS) is 18.8. The predicted octanol–water partition coefficient (Wildman–Crippen LogP) is 3.37. The molecule has 0 unspecified atom stereocenters. The Morgan fingerprint density at radius 3 is 2.72 bits per heavy atom. The highest BCUT2D eigenvalue weighted by molar-refractivity contribution is 5.98. The lowest BCUT2D eigenvalue weighted by atomic mass is 10.1. The highest BCUT2D eigenvalue weighted by atomic mass is 16.3. The van der Waals surface area contributed by atoms with Gasteiger partial charge in [-0.15, -0.1) is 0 Å². The second-order valence-electron chi connectivity index (χ2n) is 7.33. The molecule has 0 bridgehead atoms. The van der Waals surface area contributed by atoms with Gasteiger partial charge in [-0.2, -0.15) is 0 Å². The van der Waals surface area contributed by atoms with Crippen LogP contribution in [0.5, 0.6) is 0 Å². The first kappa shape index (κ1) is 16.4. The van der Waals surface area contributed by atoms with E-state index in [-0.39, 0.29) is 6.17 Å². The number of imidazole rings is 1. The van der Waals surface area contributed by atoms with Gasteiger partial charge in [0.2, 0.25) is 11.9 Å². The van der Waals surface area contributed by atoms with E-state index in [1.165, 1.54) is 5.56 Å². The number of hydrogen-bond acceptors (Lipinski definition) is 6. The van der Waals surface area contributed by atoms with Crippen LogP contribution in [0, 0.1) is 0 Å². The minimum absolute atomic E-state index is 0.0507. The van der Waals surface area contributed by atoms with Gasteiger partial charge in [-0.05, 0) is 29.8 Å². The summed E-state index contributed by atoms with van der Waals surface area (Å²) in [6, 6.07) is 22.6. The summed E-state index contributed by atoms with van der Waals surface area (Å²) in [6.45, 7) is 2.02. The van der Waals surface area contributed by atoms with Crippen LogP contribution in [0.3, 0.4) is 0 Å². The van der Waals surface area contributed by atoms with E-state index >= 15 is 0 Å². The van der Waals surface area contributed by atoms with Crippen molar-refractivity contribution in [1.82, 2.24) is 19.8 Å². The standard InChI is InChI=1S/C22H20N6O/c1-2-7-16(8-3-1)20-25-21-23-14-26(13-17-9-6-12-29-17)15-27(21)22-24-18-10-4-5-11-19(18)28(20)22/h1-12,20H,13-15H2,(H,23,25)/t20-/m1/s1. The summed E-state index contributed by atoms with van der Waals surface area (Å²) in [4.78, 5) is 14.2. The molecule has 2 aliphatic rings. The number of hydrogen-bond donors (Lipinski definition) is 1. The maximum atomic E-state index is 5.52. The van der Waals surface area contributed by atoms with Crippen molar-refractivity contribution in [3.05, 3.63) is 84.3 Å². The molecule has 144 valence electrons. The zero-order chi connectivity index (χ0) is 19.2. The summed E-state index contributed by atoms with van der Waals surface area (Å²) in [7, 11) is 0. The monoisotopic (exact) mass is 384 g/mol. The molecular formula is C22H20N6O. The number of nitrogens with one attached hydrogen (secondary N) is 1. The molecule has 29 heavy (non-hydrogen) atoms. The Morgan fingerprint density at radius 2 is 1.86 bits per heavy atom. The van der Waals surface area contributed by atoms with Gasteiger partial charge in [0.1, 0.15) is 11.9 Å². The Hall–Kier alpha value is -3.58. The molecule has 4 heterocycles. The van der Waals surface area contributed by atoms with Crippen molar-refractivity contribution in [2.24, 2.45) is 4.99 Å². The van der Waals surface area contributed by atoms with Gasteiger partial charge >= 0.3 is 0 Å². The molecule has 0 saturated carbocycles. The zero-order valence-corrected chi connectivity index (χ0v) is 15.8. The molecule has 1 atom stereocenters. The maximum absolute atomic E-state index is 5.52. The highest BCUT2D eigenvalue weighted by Gasteiger charge is 2.35. The Bertz CT molecular complexity index is 1180. The van der Waals surface area contributed by atoms with E-state index in [0.717, 1.165) is 28.7 Å². The number of para-hydroxylation sites is 2. The van der Waals surface area contributed by atoms with Gasteiger partial charge in [0.05, 0.1) is 37.2 Å². The summed E-state index contributed by atoms with van der Waals surface area (Å²) in [5.74, 6) is 2.70. The van der Waals surface area contributed by atoms with Crippen molar-refractivity contribution in [2.75, 3.05) is 18.2 Å². The number of guanidine groups is 1. The topological polar surface area (TPSA) is 61.8 Å². The first-order chi connectivity index (χ1) is 14.4. The Balaban J connectivity index is 1.44. The van der Waals surface area contributed by atoms with Crippen LogP contribution in [0.1, 0.15) is 17.5 Å². The zero-order valence-electron chi connectivity index (χ0n) is 15.8. The first-order valence-electron chi connectivity index (χ1n) is 9.72. The van der Waals surface area contributed by atoms with E-state index in [2.05, 4.69) is 62.1 Å². The van der Waals surface area contributed by atoms with E-state index in [1.807, 2.05) is 24.3 Å². The van der Waals surface area contributed by atoms with E-state index in [1.54, 1.807) is 6.26 Å². The second-order valence-corrected chi connectivity index (χ2v) is 7.33. The molecule has 0 radical (unpaired) electrons. The molecule has 0 saturated heterocycles. The number of nitrogens with zero attached hydrogens (tertiary/aromatic N) is 5. The molecule has 1 N–H and O–H groups in total. The van der Waals surface area contributed by atoms with Gasteiger partial charge in [-0.1, -0.05) is 42.5 Å². The van der Waals surface area contributed by atoms with Gasteiger partial charge < -0.3 is 9.73 Å². The molecule has 0 spiro atoms. The minimum Gasteiger partial charge on any atom is -0.468 e. The van der Waals surface area contributed by atoms with Crippen molar-refractivity contribution >= 4 is 22.9 Å². The quantitative estimate of drug-likeness (QED) is 0.587. The van der Waals surface area contributed by atoms with Crippen LogP contribution in [0.2, 0.25) is 0 Å². The third kappa shape index (κ3) is 2.70. The van der Waals surface area contributed by atoms with Crippen molar-refractivity contribution < 1.29 is 4.42 Å². The summed E-state index contributed by atoms with van der Waals surface area (Å²) < 4.78 is 7.78. The number of aromatic nitrogens is 2. The molecule has 6 rings (SSSR count). The molecule has 0 amide bonds. The summed E-state index contributed by atoms with van der Waals surface area (Å²) in [5, 5.41) is 3.63. The molecule has 7 heteroatoms. The fraction of sp³-hybridized carbons (Fsp3) is 0.182. The molecule has 4 aromatic rings. The number of anilines is 1. The van der Waals surface area contributed by atoms with Crippen molar-refractivity contribution in [1.29, 1.82) is 0 Å². The van der Waals surface area contributed by atoms with Gasteiger partial charge in [0.15, 0.2) is 0 Å². The van der Waals surface area contributed by atoms with Crippen LogP contribution in [0.25, 0.3) is 11.0 Å². The molecule has 2 aromatic carbocycles. The van der Waals surface area contributed by atoms with Gasteiger partial charge in [0, 0.05) is 0 Å². The third-order valence-electron chi connectivity index (χ3n) is 5.44. The van der Waals surface area contributed by atoms with Crippen LogP contribution < -0.4 is 10.2 Å². The lowest BCUT2D eigenvalue weighted by Crippen LogP contribution is -2.57. The fourth-order valence-corrected chi connectivity index (χ4v) is 4.10. The number of furan rings is 1. The highest BCUT2D eigenvalue weighted by Crippen LogP contribution is 2.33. The van der Waals surface area contributed by atoms with Gasteiger partial charge in [0.25, 0.3) is 0 Å². The van der Waals surface area contributed by atoms with E-state index < -0.39 is 0 Å². The average Bonchev–Trinajstić information content (AvgIpc) is 3.42. The van der Waals surface area contributed by atoms with Crippen LogP contribution in [0.15, 0.2) is 82.4 Å². The van der Waals surface area contributed by atoms with Crippen LogP contribution in [0.4, 0.5) is 5.95 Å². The first-order valence-corrected chi connectivity index (χ1v) is 9.72. The predicted molar refractivity (Wildman–Crippen MR) is 111 cm³/mol. The molecule has 2 aliphatic heterocycles. The summed E-state index contributed by atoms with van der Waals surface area (Å²) >= 11 is 0. The van der Waals surface area contributed by atoms with E-state index in [0.29, 0.717) is 19.9 Å². The van der Waals surface area contributed by atoms with Gasteiger partial charge in [-0.3, -0.25) is 14.4 Å². The third-order valence-corrected chi connectivity index (χ3v) is 5.44. The van der Waals surface area contributed by atoms with Crippen molar-refractivity contribution in [3.8, 4) is 0 Å². The fourth-order valence-electron chi connectivity index (χ4n) is 4.10. The Kier molecular flexibility index (Phi) is 3.67. The average molecular weight is 384 g/mol. The van der Waals surface area contributed by atoms with Crippen LogP contribution in [-0.2, 0) is 6.54 Å². The van der Waals surface area contributed by atoms with Crippen LogP contribution in [-0.4, -0.2) is 33.7 Å². The largest absolute Gasteiger partial charge is 0.468 e. The molecule has 2 aromatic heterocycles. The molecule has 7 nitrogen and oxygen atoms in total. The number of fused-ring (bicyclic) bond motifs is 5. The molecule has 0 aliphatic carbocycles. The Morgan fingerprint density at radius 1 is 1.00 bits per heavy atom. The Labute approximate surface area is 167 Å². The van der Waals surface area contributed by atoms with E-state index in [9.17, 15) is 0 Å². The smallest absolute Gasteiger partial charge is 0.216 e. The van der Waals surface area contributed by atoms with Crippen molar-refractivity contribution in [3.63, 3.8) is 0 Å². The van der Waals surface area contributed by atoms with Crippen molar-refractivity contribution in [2.45, 2.75) is 12.7 Å². The number of aliphatic imine (C=N–C) groups is 1. The molecule has 0 fully saturated rings. The molecular weight excluding hydrogens is 364 g/mol. The minimum atomic E-state index is -0.0507. The SMILES string of the molecule is c1ccc([C@@H]2NC3=NCN(Cc4ccco4)CN3c3nc4ccccc4n32)cc1. The number of rotatable bonds is 3. The van der Waals surface area contributed by atoms with Gasteiger partial charge in [-0.25, -0.2) is 9.98 Å². The lowest BCUT2D eigenvalue weighted by Gasteiger charge is -2.41. The maximum Gasteiger partial charge on any atom is 0.216 e. The lowest BCUT2D eigenvalue weighted by molar-refractivity contribution is 0.243. The van der Waals surface area contributed by atoms with E-state index in [4.69, 9.17) is 14.4 Å². The summed E-state index contributed by atoms with van der Waals surface area (Å²) in [5.41, 5.74) is 3.26. The summed E-state index contributed by atoms with van der Waals surface area (Å²) in [6.07, 6.45) is 1.66. The van der Waals surface area contributed by atoms with Crippen LogP contribution >= 0.6 is 0 Å². The number of benzene rings is 2.